The molecule has 1 atom stereocenters. The number of aromatic nitrogens is 3. The minimum atomic E-state index is 0.162. The second-order valence-corrected chi connectivity index (χ2v) is 6.33. The van der Waals surface area contributed by atoms with E-state index in [9.17, 15) is 0 Å². The van der Waals surface area contributed by atoms with Crippen molar-refractivity contribution in [2.24, 2.45) is 0 Å². The molecular weight excluding hydrogens is 262 g/mol. The number of rotatable bonds is 2. The molecule has 112 valence electrons. The van der Waals surface area contributed by atoms with Crippen LogP contribution in [0.3, 0.4) is 0 Å². The molecule has 3 heterocycles. The SMILES string of the molecule is c1cnc2c(c1)nc(C1CCCCO1)n2C1CCCCC1. The standard InChI is InChI=1S/C17H23N3O/c1-2-7-13(8-3-1)20-16-14(9-6-11-18-16)19-17(20)15-10-4-5-12-21-15/h6,9,11,13,15H,1-5,7-8,10,12H2. The molecule has 2 fully saturated rings. The highest BCUT2D eigenvalue weighted by Crippen LogP contribution is 2.36. The Bertz CT molecular complexity index is 610. The van der Waals surface area contributed by atoms with Crippen LogP contribution in [0.2, 0.25) is 0 Å². The Labute approximate surface area is 125 Å². The molecule has 4 rings (SSSR count). The van der Waals surface area contributed by atoms with Gasteiger partial charge in [0.15, 0.2) is 5.65 Å². The minimum Gasteiger partial charge on any atom is -0.370 e. The summed E-state index contributed by atoms with van der Waals surface area (Å²) in [5, 5.41) is 0. The first kappa shape index (κ1) is 13.3. The summed E-state index contributed by atoms with van der Waals surface area (Å²) in [7, 11) is 0. The van der Waals surface area contributed by atoms with Gasteiger partial charge >= 0.3 is 0 Å². The van der Waals surface area contributed by atoms with Gasteiger partial charge in [-0.25, -0.2) is 9.97 Å². The van der Waals surface area contributed by atoms with Crippen molar-refractivity contribution >= 4 is 11.2 Å². The van der Waals surface area contributed by atoms with Crippen LogP contribution in [0.15, 0.2) is 18.3 Å². The molecule has 2 aromatic heterocycles. The van der Waals surface area contributed by atoms with Gasteiger partial charge in [0.25, 0.3) is 0 Å². The zero-order valence-corrected chi connectivity index (χ0v) is 12.5. The number of hydrogen-bond acceptors (Lipinski definition) is 3. The number of fused-ring (bicyclic) bond motifs is 1. The van der Waals surface area contributed by atoms with Crippen LogP contribution in [0.25, 0.3) is 11.2 Å². The average Bonchev–Trinajstić information content (AvgIpc) is 2.96. The topological polar surface area (TPSA) is 39.9 Å². The number of imidazole rings is 1. The Morgan fingerprint density at radius 2 is 1.90 bits per heavy atom. The molecule has 0 N–H and O–H groups in total. The maximum Gasteiger partial charge on any atom is 0.160 e. The maximum atomic E-state index is 6.01. The van der Waals surface area contributed by atoms with Gasteiger partial charge in [0.05, 0.1) is 0 Å². The van der Waals surface area contributed by atoms with E-state index in [-0.39, 0.29) is 6.10 Å². The van der Waals surface area contributed by atoms with Crippen LogP contribution in [-0.4, -0.2) is 21.1 Å². The fraction of sp³-hybridized carbons (Fsp3) is 0.647. The largest absolute Gasteiger partial charge is 0.370 e. The highest BCUT2D eigenvalue weighted by Gasteiger charge is 2.28. The van der Waals surface area contributed by atoms with E-state index in [0.29, 0.717) is 6.04 Å². The first-order valence-corrected chi connectivity index (χ1v) is 8.38. The third-order valence-corrected chi connectivity index (χ3v) is 4.88. The van der Waals surface area contributed by atoms with Gasteiger partial charge in [-0.2, -0.15) is 0 Å². The number of pyridine rings is 1. The van der Waals surface area contributed by atoms with Gasteiger partial charge < -0.3 is 9.30 Å². The average molecular weight is 285 g/mol. The van der Waals surface area contributed by atoms with Gasteiger partial charge in [-0.05, 0) is 44.2 Å². The van der Waals surface area contributed by atoms with E-state index in [4.69, 9.17) is 9.72 Å². The summed E-state index contributed by atoms with van der Waals surface area (Å²) in [6, 6.07) is 4.61. The fourth-order valence-corrected chi connectivity index (χ4v) is 3.82. The number of nitrogens with zero attached hydrogens (tertiary/aromatic N) is 3. The van der Waals surface area contributed by atoms with Crippen LogP contribution >= 0.6 is 0 Å². The molecule has 1 aliphatic carbocycles. The van der Waals surface area contributed by atoms with Crippen LogP contribution in [0.5, 0.6) is 0 Å². The quantitative estimate of drug-likeness (QED) is 0.831. The van der Waals surface area contributed by atoms with E-state index >= 15 is 0 Å². The maximum absolute atomic E-state index is 6.01. The third kappa shape index (κ3) is 2.46. The Balaban J connectivity index is 1.79. The van der Waals surface area contributed by atoms with E-state index in [2.05, 4.69) is 15.6 Å². The second kappa shape index (κ2) is 5.76. The van der Waals surface area contributed by atoms with Crippen molar-refractivity contribution in [2.75, 3.05) is 6.61 Å². The number of hydrogen-bond donors (Lipinski definition) is 0. The van der Waals surface area contributed by atoms with Crippen LogP contribution in [-0.2, 0) is 4.74 Å². The summed E-state index contributed by atoms with van der Waals surface area (Å²) in [5.41, 5.74) is 2.07. The predicted molar refractivity (Wildman–Crippen MR) is 82.2 cm³/mol. The van der Waals surface area contributed by atoms with E-state index in [1.807, 2.05) is 12.3 Å². The highest BCUT2D eigenvalue weighted by atomic mass is 16.5. The fourth-order valence-electron chi connectivity index (χ4n) is 3.82. The molecule has 2 aliphatic rings. The first-order chi connectivity index (χ1) is 10.4. The molecule has 4 heteroatoms. The summed E-state index contributed by atoms with van der Waals surface area (Å²) in [4.78, 5) is 9.50. The third-order valence-electron chi connectivity index (χ3n) is 4.88. The molecule has 0 amide bonds. The summed E-state index contributed by atoms with van der Waals surface area (Å²) in [5.74, 6) is 1.12. The summed E-state index contributed by atoms with van der Waals surface area (Å²) < 4.78 is 8.42. The van der Waals surface area contributed by atoms with Crippen LogP contribution in [0.1, 0.15) is 69.3 Å². The normalized spacial score (nSPS) is 24.5. The van der Waals surface area contributed by atoms with Crippen LogP contribution in [0, 0.1) is 0 Å². The lowest BCUT2D eigenvalue weighted by molar-refractivity contribution is 0.00635. The van der Waals surface area contributed by atoms with Gasteiger partial charge in [-0.1, -0.05) is 19.3 Å². The molecule has 1 saturated carbocycles. The second-order valence-electron chi connectivity index (χ2n) is 6.33. The smallest absolute Gasteiger partial charge is 0.160 e. The highest BCUT2D eigenvalue weighted by molar-refractivity contribution is 5.71. The molecule has 0 aromatic carbocycles. The monoisotopic (exact) mass is 285 g/mol. The van der Waals surface area contributed by atoms with Crippen LogP contribution < -0.4 is 0 Å². The molecule has 0 radical (unpaired) electrons. The summed E-state index contributed by atoms with van der Waals surface area (Å²) in [6.07, 6.45) is 12.1. The van der Waals surface area contributed by atoms with E-state index in [1.165, 1.54) is 44.9 Å². The molecule has 2 aromatic rings. The Morgan fingerprint density at radius 3 is 2.71 bits per heavy atom. The van der Waals surface area contributed by atoms with Crippen molar-refractivity contribution in [1.29, 1.82) is 0 Å². The van der Waals surface area contributed by atoms with E-state index in [0.717, 1.165) is 30.0 Å². The number of ether oxygens (including phenoxy) is 1. The zero-order valence-electron chi connectivity index (χ0n) is 12.5. The lowest BCUT2D eigenvalue weighted by Gasteiger charge is -2.29. The van der Waals surface area contributed by atoms with E-state index < -0.39 is 0 Å². The summed E-state index contributed by atoms with van der Waals surface area (Å²) in [6.45, 7) is 0.867. The molecule has 21 heavy (non-hydrogen) atoms. The van der Waals surface area contributed by atoms with E-state index in [1.54, 1.807) is 0 Å². The lowest BCUT2D eigenvalue weighted by atomic mass is 9.95. The van der Waals surface area contributed by atoms with Gasteiger partial charge in [-0.3, -0.25) is 0 Å². The van der Waals surface area contributed by atoms with Crippen molar-refractivity contribution in [1.82, 2.24) is 14.5 Å². The Kier molecular flexibility index (Phi) is 3.63. The molecule has 0 bridgehead atoms. The van der Waals surface area contributed by atoms with Gasteiger partial charge in [0.1, 0.15) is 17.4 Å². The van der Waals surface area contributed by atoms with Gasteiger partial charge in [-0.15, -0.1) is 0 Å². The van der Waals surface area contributed by atoms with Crippen molar-refractivity contribution in [3.63, 3.8) is 0 Å². The van der Waals surface area contributed by atoms with Crippen molar-refractivity contribution in [2.45, 2.75) is 63.5 Å². The van der Waals surface area contributed by atoms with Crippen molar-refractivity contribution in [3.8, 4) is 0 Å². The molecule has 0 spiro atoms. The van der Waals surface area contributed by atoms with Crippen molar-refractivity contribution in [3.05, 3.63) is 24.2 Å². The molecule has 1 saturated heterocycles. The molecule has 1 unspecified atom stereocenters. The Morgan fingerprint density at radius 1 is 1.05 bits per heavy atom. The predicted octanol–water partition coefficient (Wildman–Crippen LogP) is 4.18. The zero-order chi connectivity index (χ0) is 14.1. The van der Waals surface area contributed by atoms with Crippen LogP contribution in [0.4, 0.5) is 0 Å². The molecule has 1 aliphatic heterocycles. The lowest BCUT2D eigenvalue weighted by Crippen LogP contribution is -2.21. The van der Waals surface area contributed by atoms with Gasteiger partial charge in [0, 0.05) is 18.8 Å². The van der Waals surface area contributed by atoms with Crippen molar-refractivity contribution < 1.29 is 4.74 Å². The molecular formula is C17H23N3O. The van der Waals surface area contributed by atoms with Gasteiger partial charge in [0.2, 0.25) is 0 Å². The first-order valence-electron chi connectivity index (χ1n) is 8.38. The Hall–Kier alpha value is -1.42. The minimum absolute atomic E-state index is 0.162. The molecule has 4 nitrogen and oxygen atoms in total. The summed E-state index contributed by atoms with van der Waals surface area (Å²) >= 11 is 0.